The third kappa shape index (κ3) is 3.43. The Morgan fingerprint density at radius 3 is 2.61 bits per heavy atom. The number of nitrogens with one attached hydrogen (secondary N) is 1. The molecule has 1 N–H and O–H groups in total. The van der Waals surface area contributed by atoms with Crippen LogP contribution in [0.1, 0.15) is 48.8 Å². The molecule has 0 unspecified atom stereocenters. The van der Waals surface area contributed by atoms with E-state index in [0.717, 1.165) is 28.0 Å². The largest absolute Gasteiger partial charge is 0.348 e. The lowest BCUT2D eigenvalue weighted by atomic mass is 9.87. The Kier molecular flexibility index (Phi) is 4.59. The second kappa shape index (κ2) is 5.99. The third-order valence-corrected chi connectivity index (χ3v) is 4.75. The molecule has 1 aliphatic carbocycles. The highest BCUT2D eigenvalue weighted by Crippen LogP contribution is 2.23. The number of carbonyl (C=O) groups is 1. The Bertz CT molecular complexity index is 439. The third-order valence-electron chi connectivity index (χ3n) is 3.61. The van der Waals surface area contributed by atoms with E-state index in [9.17, 15) is 4.79 Å². The predicted octanol–water partition coefficient (Wildman–Crippen LogP) is 3.30. The Morgan fingerprint density at radius 2 is 2.00 bits per heavy atom. The summed E-state index contributed by atoms with van der Waals surface area (Å²) in [4.78, 5) is 16.4. The zero-order valence-corrected chi connectivity index (χ0v) is 13.0. The molecule has 98 valence electrons. The van der Waals surface area contributed by atoms with E-state index in [-0.39, 0.29) is 5.91 Å². The second-order valence-electron chi connectivity index (χ2n) is 5.19. The van der Waals surface area contributed by atoms with Crippen molar-refractivity contribution in [2.75, 3.05) is 0 Å². The first-order valence-electron chi connectivity index (χ1n) is 6.50. The van der Waals surface area contributed by atoms with Gasteiger partial charge in [0.2, 0.25) is 0 Å². The van der Waals surface area contributed by atoms with E-state index in [1.54, 1.807) is 6.07 Å². The van der Waals surface area contributed by atoms with Gasteiger partial charge in [-0.2, -0.15) is 0 Å². The van der Waals surface area contributed by atoms with Crippen LogP contribution in [0, 0.1) is 16.4 Å². The summed E-state index contributed by atoms with van der Waals surface area (Å²) >= 11 is 2.23. The Morgan fingerprint density at radius 1 is 1.33 bits per heavy atom. The monoisotopic (exact) mass is 358 g/mol. The number of carbonyl (C=O) groups excluding carboxylic acids is 1. The number of aryl methyl sites for hydroxylation is 1. The summed E-state index contributed by atoms with van der Waals surface area (Å²) in [6.45, 7) is 4.21. The number of amides is 1. The van der Waals surface area contributed by atoms with E-state index < -0.39 is 0 Å². The van der Waals surface area contributed by atoms with Gasteiger partial charge in [-0.3, -0.25) is 4.79 Å². The quantitative estimate of drug-likeness (QED) is 0.825. The lowest BCUT2D eigenvalue weighted by Crippen LogP contribution is -2.37. The summed E-state index contributed by atoms with van der Waals surface area (Å²) in [5.41, 5.74) is 1.45. The summed E-state index contributed by atoms with van der Waals surface area (Å²) in [7, 11) is 0. The standard InChI is InChI=1S/C14H19IN2O/c1-9-3-5-11(6-4-9)17-14(18)13-8-7-12(15)10(2)16-13/h7-9,11H,3-6H2,1-2H3,(H,17,18). The van der Waals surface area contributed by atoms with Crippen molar-refractivity contribution in [1.29, 1.82) is 0 Å². The molecule has 2 rings (SSSR count). The number of hydrogen-bond acceptors (Lipinski definition) is 2. The highest BCUT2D eigenvalue weighted by atomic mass is 127. The average Bonchev–Trinajstić information content (AvgIpc) is 2.35. The van der Waals surface area contributed by atoms with E-state index in [4.69, 9.17) is 0 Å². The van der Waals surface area contributed by atoms with Crippen LogP contribution in [-0.2, 0) is 0 Å². The lowest BCUT2D eigenvalue weighted by Gasteiger charge is -2.26. The van der Waals surface area contributed by atoms with Crippen molar-refractivity contribution in [3.63, 3.8) is 0 Å². The van der Waals surface area contributed by atoms with Gasteiger partial charge in [0, 0.05) is 9.61 Å². The minimum atomic E-state index is -0.0333. The number of nitrogens with zero attached hydrogens (tertiary/aromatic N) is 1. The van der Waals surface area contributed by atoms with Gasteiger partial charge >= 0.3 is 0 Å². The average molecular weight is 358 g/mol. The minimum Gasteiger partial charge on any atom is -0.348 e. The fourth-order valence-corrected chi connectivity index (χ4v) is 2.63. The molecule has 1 aliphatic rings. The Hall–Kier alpha value is -0.650. The fraction of sp³-hybridized carbons (Fsp3) is 0.571. The molecular formula is C14H19IN2O. The van der Waals surface area contributed by atoms with Crippen LogP contribution in [-0.4, -0.2) is 16.9 Å². The van der Waals surface area contributed by atoms with Crippen molar-refractivity contribution in [2.24, 2.45) is 5.92 Å². The molecule has 1 fully saturated rings. The number of hydrogen-bond donors (Lipinski definition) is 1. The van der Waals surface area contributed by atoms with E-state index in [0.29, 0.717) is 11.7 Å². The normalized spacial score (nSPS) is 23.7. The minimum absolute atomic E-state index is 0.0333. The molecule has 1 aromatic rings. The molecule has 0 saturated heterocycles. The maximum Gasteiger partial charge on any atom is 0.270 e. The summed E-state index contributed by atoms with van der Waals surface area (Å²) in [6.07, 6.45) is 4.61. The van der Waals surface area contributed by atoms with Crippen molar-refractivity contribution in [3.8, 4) is 0 Å². The molecule has 0 aromatic carbocycles. The summed E-state index contributed by atoms with van der Waals surface area (Å²) in [6, 6.07) is 4.08. The number of pyridine rings is 1. The first-order valence-corrected chi connectivity index (χ1v) is 7.58. The van der Waals surface area contributed by atoms with Crippen LogP contribution in [0.4, 0.5) is 0 Å². The Balaban J connectivity index is 1.97. The van der Waals surface area contributed by atoms with Crippen LogP contribution in [0.5, 0.6) is 0 Å². The van der Waals surface area contributed by atoms with E-state index in [2.05, 4.69) is 39.8 Å². The molecule has 0 spiro atoms. The van der Waals surface area contributed by atoms with Gasteiger partial charge in [-0.25, -0.2) is 4.98 Å². The van der Waals surface area contributed by atoms with Gasteiger partial charge in [-0.05, 0) is 73.2 Å². The number of aromatic nitrogens is 1. The molecule has 1 saturated carbocycles. The lowest BCUT2D eigenvalue weighted by molar-refractivity contribution is 0.0917. The van der Waals surface area contributed by atoms with Crippen molar-refractivity contribution in [2.45, 2.75) is 45.6 Å². The molecule has 4 heteroatoms. The molecule has 0 bridgehead atoms. The van der Waals surface area contributed by atoms with Crippen molar-refractivity contribution >= 4 is 28.5 Å². The van der Waals surface area contributed by atoms with Crippen LogP contribution in [0.25, 0.3) is 0 Å². The van der Waals surface area contributed by atoms with Crippen LogP contribution >= 0.6 is 22.6 Å². The highest BCUT2D eigenvalue weighted by Gasteiger charge is 2.20. The van der Waals surface area contributed by atoms with Crippen LogP contribution in [0.3, 0.4) is 0 Å². The maximum absolute atomic E-state index is 12.1. The van der Waals surface area contributed by atoms with Gasteiger partial charge in [0.15, 0.2) is 0 Å². The topological polar surface area (TPSA) is 42.0 Å². The summed E-state index contributed by atoms with van der Waals surface area (Å²) < 4.78 is 1.09. The number of halogens is 1. The van der Waals surface area contributed by atoms with Crippen molar-refractivity contribution in [1.82, 2.24) is 10.3 Å². The number of rotatable bonds is 2. The smallest absolute Gasteiger partial charge is 0.270 e. The van der Waals surface area contributed by atoms with E-state index in [1.807, 2.05) is 13.0 Å². The van der Waals surface area contributed by atoms with Crippen LogP contribution in [0.15, 0.2) is 12.1 Å². The first kappa shape index (κ1) is 13.8. The zero-order valence-electron chi connectivity index (χ0n) is 10.9. The molecule has 18 heavy (non-hydrogen) atoms. The highest BCUT2D eigenvalue weighted by molar-refractivity contribution is 14.1. The van der Waals surface area contributed by atoms with Gasteiger partial charge < -0.3 is 5.32 Å². The van der Waals surface area contributed by atoms with Gasteiger partial charge in [-0.1, -0.05) is 6.92 Å². The molecule has 1 amide bonds. The zero-order chi connectivity index (χ0) is 13.1. The van der Waals surface area contributed by atoms with Gasteiger partial charge in [0.05, 0.1) is 5.69 Å². The van der Waals surface area contributed by atoms with Crippen molar-refractivity contribution in [3.05, 3.63) is 27.1 Å². The van der Waals surface area contributed by atoms with Crippen LogP contribution < -0.4 is 5.32 Å². The predicted molar refractivity (Wildman–Crippen MR) is 80.6 cm³/mol. The van der Waals surface area contributed by atoms with Gasteiger partial charge in [0.25, 0.3) is 5.91 Å². The molecule has 3 nitrogen and oxygen atoms in total. The molecule has 1 aromatic heterocycles. The molecule has 0 atom stereocenters. The maximum atomic E-state index is 12.1. The first-order chi connectivity index (χ1) is 8.56. The molecule has 0 radical (unpaired) electrons. The fourth-order valence-electron chi connectivity index (χ4n) is 2.33. The molecular weight excluding hydrogens is 339 g/mol. The summed E-state index contributed by atoms with van der Waals surface area (Å²) in [5.74, 6) is 0.769. The summed E-state index contributed by atoms with van der Waals surface area (Å²) in [5, 5.41) is 3.10. The van der Waals surface area contributed by atoms with E-state index >= 15 is 0 Å². The van der Waals surface area contributed by atoms with E-state index in [1.165, 1.54) is 12.8 Å². The molecule has 0 aliphatic heterocycles. The Labute approximate surface area is 122 Å². The SMILES string of the molecule is Cc1nc(C(=O)NC2CCC(C)CC2)ccc1I. The van der Waals surface area contributed by atoms with Crippen molar-refractivity contribution < 1.29 is 4.79 Å². The van der Waals surface area contributed by atoms with Gasteiger partial charge in [0.1, 0.15) is 5.69 Å². The van der Waals surface area contributed by atoms with Crippen LogP contribution in [0.2, 0.25) is 0 Å². The van der Waals surface area contributed by atoms with Gasteiger partial charge in [-0.15, -0.1) is 0 Å². The second-order valence-corrected chi connectivity index (χ2v) is 6.36. The molecule has 1 heterocycles.